The molecule has 1 aliphatic heterocycles. The maximum absolute atomic E-state index is 12.8. The van der Waals surface area contributed by atoms with Crippen molar-refractivity contribution in [1.29, 1.82) is 0 Å². The molecule has 0 unspecified atom stereocenters. The Morgan fingerprint density at radius 1 is 1.45 bits per heavy atom. The van der Waals surface area contributed by atoms with Crippen LogP contribution in [0.25, 0.3) is 0 Å². The molecule has 3 heterocycles. The predicted octanol–water partition coefficient (Wildman–Crippen LogP) is 4.15. The topological polar surface area (TPSA) is 63.4 Å². The van der Waals surface area contributed by atoms with Gasteiger partial charge in [-0.25, -0.2) is 8.42 Å². The molecule has 1 fully saturated rings. The van der Waals surface area contributed by atoms with E-state index in [4.69, 9.17) is 4.52 Å². The van der Waals surface area contributed by atoms with E-state index in [2.05, 4.69) is 21.1 Å². The Bertz CT molecular complexity index is 767. The fourth-order valence-electron chi connectivity index (χ4n) is 2.60. The van der Waals surface area contributed by atoms with E-state index in [1.807, 2.05) is 19.9 Å². The average Bonchev–Trinajstić information content (AvgIpc) is 3.18. The van der Waals surface area contributed by atoms with Crippen molar-refractivity contribution < 1.29 is 12.9 Å². The smallest absolute Gasteiger partial charge is 0.253 e. The van der Waals surface area contributed by atoms with Crippen LogP contribution in [0, 0.1) is 0 Å². The lowest BCUT2D eigenvalue weighted by atomic mass is 10.1. The van der Waals surface area contributed by atoms with E-state index in [1.54, 1.807) is 12.1 Å². The molecule has 1 atom stereocenters. The zero-order valence-corrected chi connectivity index (χ0v) is 15.5. The Morgan fingerprint density at radius 3 is 2.82 bits per heavy atom. The van der Waals surface area contributed by atoms with E-state index in [0.29, 0.717) is 16.5 Å². The molecule has 1 aliphatic rings. The van der Waals surface area contributed by atoms with Crippen LogP contribution in [0.1, 0.15) is 50.1 Å². The van der Waals surface area contributed by atoms with Crippen LogP contribution in [-0.2, 0) is 10.0 Å². The number of rotatable bonds is 4. The number of halogens is 1. The molecular formula is C14H17BrN2O3S2. The summed E-state index contributed by atoms with van der Waals surface area (Å²) in [5.74, 6) is 0.901. The summed E-state index contributed by atoms with van der Waals surface area (Å²) < 4.78 is 33.8. The quantitative estimate of drug-likeness (QED) is 0.767. The van der Waals surface area contributed by atoms with E-state index >= 15 is 0 Å². The first-order valence-corrected chi connectivity index (χ1v) is 10.2. The minimum atomic E-state index is -3.49. The number of hydrogen-bond acceptors (Lipinski definition) is 5. The molecule has 120 valence electrons. The van der Waals surface area contributed by atoms with Gasteiger partial charge in [0.05, 0.1) is 15.5 Å². The molecule has 2 aromatic heterocycles. The molecule has 0 saturated carbocycles. The maximum atomic E-state index is 12.8. The normalized spacial score (nSPS) is 20.1. The zero-order chi connectivity index (χ0) is 15.9. The van der Waals surface area contributed by atoms with Crippen LogP contribution in [0.5, 0.6) is 0 Å². The van der Waals surface area contributed by atoms with Crippen molar-refractivity contribution in [3.8, 4) is 0 Å². The van der Waals surface area contributed by atoms with Gasteiger partial charge in [0, 0.05) is 12.6 Å². The summed E-state index contributed by atoms with van der Waals surface area (Å²) in [4.78, 5) is 0. The van der Waals surface area contributed by atoms with Gasteiger partial charge >= 0.3 is 0 Å². The number of aromatic nitrogens is 1. The number of sulfonamides is 1. The Labute approximate surface area is 142 Å². The summed E-state index contributed by atoms with van der Waals surface area (Å²) >= 11 is 4.55. The van der Waals surface area contributed by atoms with Crippen LogP contribution in [0.2, 0.25) is 0 Å². The van der Waals surface area contributed by atoms with Gasteiger partial charge in [-0.1, -0.05) is 19.0 Å². The number of thiophene rings is 1. The van der Waals surface area contributed by atoms with E-state index < -0.39 is 10.0 Å². The Balaban J connectivity index is 1.92. The molecule has 22 heavy (non-hydrogen) atoms. The van der Waals surface area contributed by atoms with Crippen LogP contribution in [0.15, 0.2) is 30.7 Å². The van der Waals surface area contributed by atoms with E-state index in [1.165, 1.54) is 15.6 Å². The van der Waals surface area contributed by atoms with Crippen molar-refractivity contribution in [3.63, 3.8) is 0 Å². The van der Waals surface area contributed by atoms with Crippen molar-refractivity contribution in [2.24, 2.45) is 0 Å². The molecule has 0 amide bonds. The van der Waals surface area contributed by atoms with Gasteiger partial charge in [-0.15, -0.1) is 11.3 Å². The fraction of sp³-hybridized carbons (Fsp3) is 0.500. The van der Waals surface area contributed by atoms with Crippen molar-refractivity contribution in [2.75, 3.05) is 6.54 Å². The van der Waals surface area contributed by atoms with Crippen molar-refractivity contribution in [2.45, 2.75) is 42.9 Å². The SMILES string of the molecule is CC(C)c1cc([C@H]2CCCN2S(=O)(=O)c2ccc(Br)s2)on1. The first-order valence-electron chi connectivity index (χ1n) is 7.13. The molecular weight excluding hydrogens is 388 g/mol. The van der Waals surface area contributed by atoms with Gasteiger partial charge < -0.3 is 4.52 Å². The van der Waals surface area contributed by atoms with Crippen molar-refractivity contribution in [3.05, 3.63) is 33.4 Å². The minimum absolute atomic E-state index is 0.258. The zero-order valence-electron chi connectivity index (χ0n) is 12.3. The highest BCUT2D eigenvalue weighted by Gasteiger charge is 2.39. The Morgan fingerprint density at radius 2 is 2.23 bits per heavy atom. The van der Waals surface area contributed by atoms with Gasteiger partial charge in [-0.3, -0.25) is 0 Å². The molecule has 0 spiro atoms. The van der Waals surface area contributed by atoms with E-state index in [9.17, 15) is 8.42 Å². The molecule has 0 bridgehead atoms. The first kappa shape index (κ1) is 16.2. The van der Waals surface area contributed by atoms with Crippen LogP contribution >= 0.6 is 27.3 Å². The molecule has 0 aromatic carbocycles. The molecule has 1 saturated heterocycles. The summed E-state index contributed by atoms with van der Waals surface area (Å²) in [7, 11) is -3.49. The Hall–Kier alpha value is -0.700. The summed E-state index contributed by atoms with van der Waals surface area (Å²) in [6, 6.07) is 5.02. The lowest BCUT2D eigenvalue weighted by molar-refractivity contribution is 0.296. The van der Waals surface area contributed by atoms with E-state index in [0.717, 1.165) is 22.3 Å². The van der Waals surface area contributed by atoms with Crippen molar-refractivity contribution >= 4 is 37.3 Å². The van der Waals surface area contributed by atoms with Gasteiger partial charge in [-0.05, 0) is 46.8 Å². The van der Waals surface area contributed by atoms with Crippen LogP contribution < -0.4 is 0 Å². The number of hydrogen-bond donors (Lipinski definition) is 0. The van der Waals surface area contributed by atoms with Crippen LogP contribution in [-0.4, -0.2) is 24.4 Å². The molecule has 3 rings (SSSR count). The molecule has 0 radical (unpaired) electrons. The van der Waals surface area contributed by atoms with E-state index in [-0.39, 0.29) is 12.0 Å². The highest BCUT2D eigenvalue weighted by atomic mass is 79.9. The lowest BCUT2D eigenvalue weighted by Crippen LogP contribution is -2.30. The predicted molar refractivity (Wildman–Crippen MR) is 88.5 cm³/mol. The summed E-state index contributed by atoms with van der Waals surface area (Å²) in [5, 5.41) is 4.05. The van der Waals surface area contributed by atoms with Gasteiger partial charge in [0.1, 0.15) is 4.21 Å². The largest absolute Gasteiger partial charge is 0.359 e. The lowest BCUT2D eigenvalue weighted by Gasteiger charge is -2.21. The second kappa shape index (κ2) is 6.07. The standard InChI is InChI=1S/C14H17BrN2O3S2/c1-9(2)10-8-12(20-16-10)11-4-3-7-17(11)22(18,19)14-6-5-13(15)21-14/h5-6,8-9,11H,3-4,7H2,1-2H3/t11-/m1/s1. The molecule has 5 nitrogen and oxygen atoms in total. The van der Waals surface area contributed by atoms with Gasteiger partial charge in [-0.2, -0.15) is 4.31 Å². The third kappa shape index (κ3) is 2.89. The highest BCUT2D eigenvalue weighted by molar-refractivity contribution is 9.11. The van der Waals surface area contributed by atoms with Gasteiger partial charge in [0.2, 0.25) is 0 Å². The molecule has 0 N–H and O–H groups in total. The third-order valence-electron chi connectivity index (χ3n) is 3.78. The van der Waals surface area contributed by atoms with Crippen LogP contribution in [0.3, 0.4) is 0 Å². The maximum Gasteiger partial charge on any atom is 0.253 e. The summed E-state index contributed by atoms with van der Waals surface area (Å²) in [6.07, 6.45) is 1.59. The minimum Gasteiger partial charge on any atom is -0.359 e. The Kier molecular flexibility index (Phi) is 4.46. The van der Waals surface area contributed by atoms with Crippen LogP contribution in [0.4, 0.5) is 0 Å². The molecule has 2 aromatic rings. The number of nitrogens with zero attached hydrogens (tertiary/aromatic N) is 2. The van der Waals surface area contributed by atoms with Crippen molar-refractivity contribution in [1.82, 2.24) is 9.46 Å². The third-order valence-corrected chi connectivity index (χ3v) is 7.78. The monoisotopic (exact) mass is 404 g/mol. The summed E-state index contributed by atoms with van der Waals surface area (Å²) in [6.45, 7) is 4.59. The van der Waals surface area contributed by atoms with Gasteiger partial charge in [0.15, 0.2) is 5.76 Å². The second-order valence-electron chi connectivity index (χ2n) is 5.64. The van der Waals surface area contributed by atoms with Gasteiger partial charge in [0.25, 0.3) is 10.0 Å². The first-order chi connectivity index (χ1) is 10.4. The summed E-state index contributed by atoms with van der Waals surface area (Å²) in [5.41, 5.74) is 0.859. The fourth-order valence-corrected chi connectivity index (χ4v) is 6.40. The second-order valence-corrected chi connectivity index (χ2v) is 10.2. The molecule has 8 heteroatoms. The molecule has 0 aliphatic carbocycles. The average molecular weight is 405 g/mol. The highest BCUT2D eigenvalue weighted by Crippen LogP contribution is 2.39.